The molecule has 3 heteroatoms. The molecule has 0 amide bonds. The molecule has 1 unspecified atom stereocenters. The summed E-state index contributed by atoms with van der Waals surface area (Å²) in [4.78, 5) is 17.9. The lowest BCUT2D eigenvalue weighted by molar-refractivity contribution is -0.120. The standard InChI is InChI=1S/C32H41NO2/c34-28(19-18-26-12-6-8-17-31(26)35-29-14-3-1-2-4-15-29)23-24-10-9-13-27(22-24)32-30-16-7-5-11-25(30)20-21-33-32/h6-8,12,16-17,20-21,24,27,29H,1-5,9-11,13-15,18-19,22-23H2/t24-,27?/m1/s1. The molecule has 35 heavy (non-hydrogen) atoms. The van der Waals surface area contributed by atoms with Gasteiger partial charge in [0.25, 0.3) is 0 Å². The molecule has 186 valence electrons. The molecular weight excluding hydrogens is 430 g/mol. The Labute approximate surface area is 211 Å². The van der Waals surface area contributed by atoms with Gasteiger partial charge in [-0.3, -0.25) is 9.78 Å². The third-order valence-corrected chi connectivity index (χ3v) is 8.40. The van der Waals surface area contributed by atoms with E-state index in [1.807, 2.05) is 6.20 Å². The highest BCUT2D eigenvalue weighted by Crippen LogP contribution is 2.40. The summed E-state index contributed by atoms with van der Waals surface area (Å²) in [7, 11) is 0. The summed E-state index contributed by atoms with van der Waals surface area (Å²) >= 11 is 0. The van der Waals surface area contributed by atoms with E-state index in [0.717, 1.165) is 44.3 Å². The molecule has 1 aromatic carbocycles. The zero-order valence-corrected chi connectivity index (χ0v) is 21.2. The van der Waals surface area contributed by atoms with Crippen molar-refractivity contribution in [3.05, 3.63) is 65.0 Å². The molecule has 3 aliphatic rings. The highest BCUT2D eigenvalue weighted by Gasteiger charge is 2.28. The van der Waals surface area contributed by atoms with Crippen LogP contribution in [0.3, 0.4) is 0 Å². The van der Waals surface area contributed by atoms with Crippen LogP contribution in [-0.2, 0) is 17.6 Å². The average Bonchev–Trinajstić information content (AvgIpc) is 3.17. The van der Waals surface area contributed by atoms with Crippen molar-refractivity contribution >= 4 is 11.9 Å². The van der Waals surface area contributed by atoms with Crippen molar-refractivity contribution in [3.8, 4) is 5.75 Å². The summed E-state index contributed by atoms with van der Waals surface area (Å²) in [6.07, 6.45) is 23.5. The Balaban J connectivity index is 1.15. The fourth-order valence-corrected chi connectivity index (χ4v) is 6.49. The molecule has 2 atom stereocenters. The molecule has 5 rings (SSSR count). The zero-order chi connectivity index (χ0) is 23.9. The smallest absolute Gasteiger partial charge is 0.133 e. The molecule has 2 saturated carbocycles. The maximum Gasteiger partial charge on any atom is 0.133 e. The van der Waals surface area contributed by atoms with Crippen LogP contribution in [0.2, 0.25) is 0 Å². The Morgan fingerprint density at radius 1 is 0.971 bits per heavy atom. The van der Waals surface area contributed by atoms with E-state index in [4.69, 9.17) is 9.72 Å². The van der Waals surface area contributed by atoms with Gasteiger partial charge in [-0.2, -0.15) is 0 Å². The SMILES string of the molecule is O=C(CCc1ccccc1OC1CCCCCC1)C[C@@H]1CCCC(c2nccc3c2C=CCC3)C1. The van der Waals surface area contributed by atoms with Gasteiger partial charge in [0, 0.05) is 25.0 Å². The number of fused-ring (bicyclic) bond motifs is 1. The van der Waals surface area contributed by atoms with Crippen LogP contribution in [0.15, 0.2) is 42.6 Å². The number of rotatable bonds is 8. The molecule has 3 nitrogen and oxygen atoms in total. The van der Waals surface area contributed by atoms with Crippen LogP contribution in [0.4, 0.5) is 0 Å². The molecule has 3 aliphatic carbocycles. The van der Waals surface area contributed by atoms with E-state index in [-0.39, 0.29) is 0 Å². The van der Waals surface area contributed by atoms with Gasteiger partial charge in [0.1, 0.15) is 11.5 Å². The number of aryl methyl sites for hydroxylation is 2. The topological polar surface area (TPSA) is 39.2 Å². The Kier molecular flexibility index (Phi) is 8.33. The maximum absolute atomic E-state index is 13.0. The van der Waals surface area contributed by atoms with Crippen LogP contribution in [0.25, 0.3) is 6.08 Å². The molecule has 0 aliphatic heterocycles. The molecule has 0 spiro atoms. The van der Waals surface area contributed by atoms with Crippen LogP contribution in [0, 0.1) is 5.92 Å². The quantitative estimate of drug-likeness (QED) is 0.366. The third-order valence-electron chi connectivity index (χ3n) is 8.40. The second kappa shape index (κ2) is 12.0. The van der Waals surface area contributed by atoms with E-state index < -0.39 is 0 Å². The number of hydrogen-bond donors (Lipinski definition) is 0. The molecular formula is C32H41NO2. The predicted molar refractivity (Wildman–Crippen MR) is 143 cm³/mol. The minimum absolute atomic E-state index is 0.334. The number of pyridine rings is 1. The Morgan fingerprint density at radius 3 is 2.71 bits per heavy atom. The zero-order valence-electron chi connectivity index (χ0n) is 21.2. The number of carbonyl (C=O) groups is 1. The number of Topliss-reactive ketones (excluding diaryl/α,β-unsaturated/α-hetero) is 1. The highest BCUT2D eigenvalue weighted by atomic mass is 16.5. The molecule has 2 aromatic rings. The molecule has 0 bridgehead atoms. The summed E-state index contributed by atoms with van der Waals surface area (Å²) in [6.45, 7) is 0. The Hall–Kier alpha value is -2.42. The number of carbonyl (C=O) groups excluding carboxylic acids is 1. The Morgan fingerprint density at radius 2 is 1.83 bits per heavy atom. The van der Waals surface area contributed by atoms with E-state index in [0.29, 0.717) is 36.6 Å². The first kappa shape index (κ1) is 24.3. The van der Waals surface area contributed by atoms with Gasteiger partial charge in [0.15, 0.2) is 0 Å². The van der Waals surface area contributed by atoms with Crippen molar-refractivity contribution in [2.75, 3.05) is 0 Å². The lowest BCUT2D eigenvalue weighted by atomic mass is 9.75. The second-order valence-corrected chi connectivity index (χ2v) is 11.0. The van der Waals surface area contributed by atoms with Crippen molar-refractivity contribution in [1.82, 2.24) is 4.98 Å². The van der Waals surface area contributed by atoms with Gasteiger partial charge >= 0.3 is 0 Å². The van der Waals surface area contributed by atoms with Crippen LogP contribution in [-0.4, -0.2) is 16.9 Å². The first-order chi connectivity index (χ1) is 17.3. The molecule has 2 fully saturated rings. The average molecular weight is 472 g/mol. The molecule has 1 heterocycles. The largest absolute Gasteiger partial charge is 0.490 e. The number of ether oxygens (including phenoxy) is 1. The van der Waals surface area contributed by atoms with Gasteiger partial charge in [-0.15, -0.1) is 0 Å². The molecule has 0 N–H and O–H groups in total. The van der Waals surface area contributed by atoms with Crippen LogP contribution in [0.5, 0.6) is 5.75 Å². The number of allylic oxidation sites excluding steroid dienone is 1. The fraction of sp³-hybridized carbons (Fsp3) is 0.562. The van der Waals surface area contributed by atoms with E-state index in [1.54, 1.807) is 0 Å². The van der Waals surface area contributed by atoms with Crippen molar-refractivity contribution in [1.29, 1.82) is 0 Å². The van der Waals surface area contributed by atoms with Crippen LogP contribution in [0.1, 0.15) is 112 Å². The van der Waals surface area contributed by atoms with E-state index >= 15 is 0 Å². The Bertz CT molecular complexity index is 1020. The molecule has 0 radical (unpaired) electrons. The molecule has 0 saturated heterocycles. The van der Waals surface area contributed by atoms with Crippen molar-refractivity contribution in [2.45, 2.75) is 108 Å². The van der Waals surface area contributed by atoms with Gasteiger partial charge in [-0.1, -0.05) is 49.6 Å². The number of benzene rings is 1. The minimum atomic E-state index is 0.334. The number of nitrogens with zero attached hydrogens (tertiary/aromatic N) is 1. The van der Waals surface area contributed by atoms with Gasteiger partial charge in [-0.25, -0.2) is 0 Å². The predicted octanol–water partition coefficient (Wildman–Crippen LogP) is 8.01. The van der Waals surface area contributed by atoms with Gasteiger partial charge in [0.2, 0.25) is 0 Å². The lowest BCUT2D eigenvalue weighted by Gasteiger charge is -2.30. The van der Waals surface area contributed by atoms with E-state index in [2.05, 4.69) is 42.5 Å². The summed E-state index contributed by atoms with van der Waals surface area (Å²) in [5, 5.41) is 0. The van der Waals surface area contributed by atoms with Crippen LogP contribution >= 0.6 is 0 Å². The monoisotopic (exact) mass is 471 g/mol. The number of aromatic nitrogens is 1. The summed E-state index contributed by atoms with van der Waals surface area (Å²) < 4.78 is 6.43. The first-order valence-corrected chi connectivity index (χ1v) is 14.2. The number of para-hydroxylation sites is 1. The van der Waals surface area contributed by atoms with E-state index in [9.17, 15) is 4.79 Å². The number of ketones is 1. The first-order valence-electron chi connectivity index (χ1n) is 14.2. The lowest BCUT2D eigenvalue weighted by Crippen LogP contribution is -2.20. The van der Waals surface area contributed by atoms with Crippen molar-refractivity contribution in [3.63, 3.8) is 0 Å². The normalized spacial score (nSPS) is 22.9. The van der Waals surface area contributed by atoms with Crippen LogP contribution < -0.4 is 4.74 Å². The second-order valence-electron chi connectivity index (χ2n) is 11.0. The fourth-order valence-electron chi connectivity index (χ4n) is 6.49. The van der Waals surface area contributed by atoms with Gasteiger partial charge in [-0.05, 0) is 98.9 Å². The minimum Gasteiger partial charge on any atom is -0.490 e. The van der Waals surface area contributed by atoms with Crippen molar-refractivity contribution < 1.29 is 9.53 Å². The maximum atomic E-state index is 13.0. The summed E-state index contributed by atoms with van der Waals surface area (Å²) in [5.41, 5.74) is 5.28. The molecule has 1 aromatic heterocycles. The third kappa shape index (κ3) is 6.42. The summed E-state index contributed by atoms with van der Waals surface area (Å²) in [5.74, 6) is 2.39. The van der Waals surface area contributed by atoms with Crippen molar-refractivity contribution in [2.24, 2.45) is 5.92 Å². The highest BCUT2D eigenvalue weighted by molar-refractivity contribution is 5.79. The van der Waals surface area contributed by atoms with Gasteiger partial charge in [0.05, 0.1) is 11.8 Å². The number of hydrogen-bond acceptors (Lipinski definition) is 3. The summed E-state index contributed by atoms with van der Waals surface area (Å²) in [6, 6.07) is 10.6. The van der Waals surface area contributed by atoms with E-state index in [1.165, 1.54) is 67.3 Å². The van der Waals surface area contributed by atoms with Gasteiger partial charge < -0.3 is 4.74 Å².